The van der Waals surface area contributed by atoms with Gasteiger partial charge in [0, 0.05) is 19.8 Å². The van der Waals surface area contributed by atoms with Crippen LogP contribution in [0.15, 0.2) is 18.3 Å². The molecule has 16 heavy (non-hydrogen) atoms. The number of rotatable bonds is 4. The Morgan fingerprint density at radius 1 is 1.75 bits per heavy atom. The summed E-state index contributed by atoms with van der Waals surface area (Å²) in [5, 5.41) is 17.7. The highest BCUT2D eigenvalue weighted by Crippen LogP contribution is 2.16. The molecule has 0 bridgehead atoms. The van der Waals surface area contributed by atoms with Gasteiger partial charge in [0.15, 0.2) is 5.69 Å². The van der Waals surface area contributed by atoms with E-state index in [4.69, 9.17) is 10.4 Å². The quantitative estimate of drug-likeness (QED) is 0.820. The molecule has 0 amide bonds. The largest absolute Gasteiger partial charge is 0.481 e. The highest BCUT2D eigenvalue weighted by molar-refractivity contribution is 5.70. The summed E-state index contributed by atoms with van der Waals surface area (Å²) in [5.74, 6) is -1.34. The van der Waals surface area contributed by atoms with Crippen molar-refractivity contribution in [2.75, 3.05) is 18.5 Å². The first-order valence-corrected chi connectivity index (χ1v) is 4.85. The molecular formula is C11H13N3O2. The topological polar surface area (TPSA) is 77.2 Å². The Bertz CT molecular complexity index is 425. The van der Waals surface area contributed by atoms with E-state index in [1.165, 1.54) is 6.20 Å². The van der Waals surface area contributed by atoms with Gasteiger partial charge in [-0.05, 0) is 12.1 Å². The number of hydrogen-bond donors (Lipinski definition) is 1. The molecule has 0 aromatic carbocycles. The molecule has 1 rings (SSSR count). The predicted octanol–water partition coefficient (Wildman–Crippen LogP) is 1.11. The number of nitriles is 1. The van der Waals surface area contributed by atoms with Crippen molar-refractivity contribution in [2.24, 2.45) is 5.92 Å². The van der Waals surface area contributed by atoms with E-state index in [1.807, 2.05) is 6.07 Å². The summed E-state index contributed by atoms with van der Waals surface area (Å²) >= 11 is 0. The summed E-state index contributed by atoms with van der Waals surface area (Å²) in [6.07, 6.45) is 1.54. The van der Waals surface area contributed by atoms with E-state index in [1.54, 1.807) is 31.0 Å². The second kappa shape index (κ2) is 5.12. The summed E-state index contributed by atoms with van der Waals surface area (Å²) in [6.45, 7) is 1.97. The van der Waals surface area contributed by atoms with Crippen molar-refractivity contribution in [2.45, 2.75) is 6.92 Å². The summed E-state index contributed by atoms with van der Waals surface area (Å²) in [4.78, 5) is 16.4. The third-order valence-electron chi connectivity index (χ3n) is 2.27. The van der Waals surface area contributed by atoms with Gasteiger partial charge in [0.05, 0.1) is 11.6 Å². The van der Waals surface area contributed by atoms with Gasteiger partial charge in [-0.15, -0.1) is 0 Å². The molecule has 1 unspecified atom stereocenters. The number of anilines is 1. The molecule has 0 saturated carbocycles. The minimum Gasteiger partial charge on any atom is -0.481 e. The van der Waals surface area contributed by atoms with E-state index < -0.39 is 11.9 Å². The van der Waals surface area contributed by atoms with Crippen molar-refractivity contribution in [3.8, 4) is 6.07 Å². The van der Waals surface area contributed by atoms with Crippen LogP contribution in [-0.4, -0.2) is 29.7 Å². The molecule has 0 aliphatic heterocycles. The van der Waals surface area contributed by atoms with Crippen LogP contribution in [-0.2, 0) is 4.79 Å². The average Bonchev–Trinajstić information content (AvgIpc) is 2.28. The fraction of sp³-hybridized carbons (Fsp3) is 0.364. The molecule has 5 nitrogen and oxygen atoms in total. The molecule has 1 N–H and O–H groups in total. The first kappa shape index (κ1) is 12.0. The van der Waals surface area contributed by atoms with Crippen molar-refractivity contribution in [3.63, 3.8) is 0 Å². The second-order valence-electron chi connectivity index (χ2n) is 3.60. The monoisotopic (exact) mass is 219 g/mol. The van der Waals surface area contributed by atoms with Crippen molar-refractivity contribution in [3.05, 3.63) is 24.0 Å². The zero-order valence-corrected chi connectivity index (χ0v) is 9.21. The maximum Gasteiger partial charge on any atom is 0.308 e. The van der Waals surface area contributed by atoms with Gasteiger partial charge in [-0.25, -0.2) is 4.98 Å². The molecule has 0 spiro atoms. The van der Waals surface area contributed by atoms with Crippen LogP contribution in [0.2, 0.25) is 0 Å². The molecule has 5 heteroatoms. The fourth-order valence-corrected chi connectivity index (χ4v) is 1.38. The Morgan fingerprint density at radius 2 is 2.44 bits per heavy atom. The van der Waals surface area contributed by atoms with Crippen LogP contribution < -0.4 is 4.90 Å². The van der Waals surface area contributed by atoms with Crippen LogP contribution >= 0.6 is 0 Å². The van der Waals surface area contributed by atoms with Gasteiger partial charge in [0.2, 0.25) is 0 Å². The van der Waals surface area contributed by atoms with Gasteiger partial charge in [0.25, 0.3) is 0 Å². The van der Waals surface area contributed by atoms with Crippen molar-refractivity contribution in [1.82, 2.24) is 4.98 Å². The number of nitrogens with zero attached hydrogens (tertiary/aromatic N) is 3. The van der Waals surface area contributed by atoms with Crippen LogP contribution in [0, 0.1) is 17.2 Å². The van der Waals surface area contributed by atoms with E-state index in [9.17, 15) is 4.79 Å². The van der Waals surface area contributed by atoms with Crippen LogP contribution in [0.5, 0.6) is 0 Å². The number of carboxylic acids is 1. The number of pyridine rings is 1. The van der Waals surface area contributed by atoms with E-state index >= 15 is 0 Å². The molecule has 1 heterocycles. The highest BCUT2D eigenvalue weighted by Gasteiger charge is 2.15. The second-order valence-corrected chi connectivity index (χ2v) is 3.60. The lowest BCUT2D eigenvalue weighted by Crippen LogP contribution is -2.29. The summed E-state index contributed by atoms with van der Waals surface area (Å²) < 4.78 is 0. The maximum absolute atomic E-state index is 10.7. The number of aliphatic carboxylic acids is 1. The van der Waals surface area contributed by atoms with Gasteiger partial charge >= 0.3 is 5.97 Å². The molecule has 0 saturated heterocycles. The van der Waals surface area contributed by atoms with Gasteiger partial charge in [-0.1, -0.05) is 6.92 Å². The van der Waals surface area contributed by atoms with Crippen LogP contribution in [0.4, 0.5) is 5.69 Å². The van der Waals surface area contributed by atoms with Crippen LogP contribution in [0.1, 0.15) is 12.6 Å². The Labute approximate surface area is 93.9 Å². The minimum absolute atomic E-state index is 0.308. The Hall–Kier alpha value is -2.09. The van der Waals surface area contributed by atoms with E-state index in [-0.39, 0.29) is 0 Å². The van der Waals surface area contributed by atoms with Crippen LogP contribution in [0.25, 0.3) is 0 Å². The molecule has 0 radical (unpaired) electrons. The van der Waals surface area contributed by atoms with Gasteiger partial charge in [-0.3, -0.25) is 4.79 Å². The number of aromatic nitrogens is 1. The Morgan fingerprint density at radius 3 is 3.00 bits per heavy atom. The highest BCUT2D eigenvalue weighted by atomic mass is 16.4. The average molecular weight is 219 g/mol. The van der Waals surface area contributed by atoms with E-state index in [0.29, 0.717) is 17.9 Å². The third kappa shape index (κ3) is 2.70. The molecule has 1 aromatic heterocycles. The number of carboxylic acid groups (broad SMARTS) is 1. The van der Waals surface area contributed by atoms with Gasteiger partial charge < -0.3 is 10.0 Å². The fourth-order valence-electron chi connectivity index (χ4n) is 1.38. The van der Waals surface area contributed by atoms with Crippen molar-refractivity contribution in [1.29, 1.82) is 5.26 Å². The standard InChI is InChI=1S/C11H13N3O2/c1-8(11(15)16)7-14(2)10-4-3-5-13-9(10)6-12/h3-5,8H,7H2,1-2H3,(H,15,16). The number of hydrogen-bond acceptors (Lipinski definition) is 4. The molecule has 1 aromatic rings. The zero-order valence-electron chi connectivity index (χ0n) is 9.21. The van der Waals surface area contributed by atoms with Crippen molar-refractivity contribution < 1.29 is 9.90 Å². The molecule has 1 atom stereocenters. The first-order chi connectivity index (χ1) is 7.56. The molecule has 0 aliphatic carbocycles. The maximum atomic E-state index is 10.7. The van der Waals surface area contributed by atoms with Crippen molar-refractivity contribution >= 4 is 11.7 Å². The lowest BCUT2D eigenvalue weighted by Gasteiger charge is -2.21. The Balaban J connectivity index is 2.85. The lowest BCUT2D eigenvalue weighted by molar-refractivity contribution is -0.140. The summed E-state index contributed by atoms with van der Waals surface area (Å²) in [7, 11) is 1.75. The lowest BCUT2D eigenvalue weighted by atomic mass is 10.1. The van der Waals surface area contributed by atoms with E-state index in [2.05, 4.69) is 4.98 Å². The smallest absolute Gasteiger partial charge is 0.308 e. The molecular weight excluding hydrogens is 206 g/mol. The molecule has 84 valence electrons. The minimum atomic E-state index is -0.853. The van der Waals surface area contributed by atoms with E-state index in [0.717, 1.165) is 0 Å². The number of carbonyl (C=O) groups is 1. The summed E-state index contributed by atoms with van der Waals surface area (Å²) in [6, 6.07) is 5.45. The molecule has 0 aliphatic rings. The molecule has 0 fully saturated rings. The summed E-state index contributed by atoms with van der Waals surface area (Å²) in [5.41, 5.74) is 0.959. The van der Waals surface area contributed by atoms with Gasteiger partial charge in [0.1, 0.15) is 6.07 Å². The SMILES string of the molecule is CC(CN(C)c1cccnc1C#N)C(=O)O. The third-order valence-corrected chi connectivity index (χ3v) is 2.27. The van der Waals surface area contributed by atoms with Crippen LogP contribution in [0.3, 0.4) is 0 Å². The zero-order chi connectivity index (χ0) is 12.1. The van der Waals surface area contributed by atoms with Gasteiger partial charge in [-0.2, -0.15) is 5.26 Å². The first-order valence-electron chi connectivity index (χ1n) is 4.85. The predicted molar refractivity (Wildman–Crippen MR) is 59.0 cm³/mol. The Kier molecular flexibility index (Phi) is 3.84. The normalized spacial score (nSPS) is 11.6.